The average molecular weight is 347 g/mol. The quantitative estimate of drug-likeness (QED) is 0.688. The van der Waals surface area contributed by atoms with Gasteiger partial charge in [-0.1, -0.05) is 26.8 Å². The van der Waals surface area contributed by atoms with Crippen LogP contribution >= 0.6 is 0 Å². The summed E-state index contributed by atoms with van der Waals surface area (Å²) in [5.74, 6) is 0.559. The number of carbonyl (C=O) groups excluding carboxylic acids is 1. The lowest BCUT2D eigenvalue weighted by Gasteiger charge is -2.21. The molecule has 1 heterocycles. The Morgan fingerprint density at radius 2 is 1.67 bits per heavy atom. The van der Waals surface area contributed by atoms with Gasteiger partial charge in [-0.15, -0.1) is 0 Å². The summed E-state index contributed by atoms with van der Waals surface area (Å²) in [6, 6.07) is 8.11. The molecule has 0 N–H and O–H groups in total. The van der Waals surface area contributed by atoms with E-state index in [9.17, 15) is 4.79 Å². The smallest absolute Gasteiger partial charge is 0.421 e. The zero-order valence-electron chi connectivity index (χ0n) is 16.0. The van der Waals surface area contributed by atoms with Crippen LogP contribution in [0.25, 0.3) is 10.9 Å². The van der Waals surface area contributed by atoms with E-state index in [2.05, 4.69) is 32.9 Å². The molecule has 0 aliphatic heterocycles. The van der Waals surface area contributed by atoms with Gasteiger partial charge in [0.25, 0.3) is 9.04 Å². The average Bonchev–Trinajstić information content (AvgIpc) is 2.71. The van der Waals surface area contributed by atoms with Crippen molar-refractivity contribution < 1.29 is 14.0 Å². The van der Waals surface area contributed by atoms with E-state index < -0.39 is 20.7 Å². The van der Waals surface area contributed by atoms with Crippen LogP contribution in [0.1, 0.15) is 47.1 Å². The van der Waals surface area contributed by atoms with Gasteiger partial charge in [-0.3, -0.25) is 0 Å². The molecule has 0 atom stereocenters. The molecule has 2 aromatic rings. The van der Waals surface area contributed by atoms with E-state index >= 15 is 0 Å². The van der Waals surface area contributed by atoms with Crippen LogP contribution < -0.4 is 4.43 Å². The summed E-state index contributed by atoms with van der Waals surface area (Å²) in [5.41, 5.74) is 1.54. The van der Waals surface area contributed by atoms with Crippen molar-refractivity contribution in [3.8, 4) is 5.88 Å². The van der Waals surface area contributed by atoms with Crippen molar-refractivity contribution >= 4 is 26.0 Å². The fourth-order valence-electron chi connectivity index (χ4n) is 2.44. The Kier molecular flexibility index (Phi) is 4.86. The topological polar surface area (TPSA) is 40.5 Å². The van der Waals surface area contributed by atoms with Crippen molar-refractivity contribution in [3.05, 3.63) is 29.8 Å². The van der Waals surface area contributed by atoms with Crippen molar-refractivity contribution in [2.75, 3.05) is 0 Å². The molecule has 0 saturated heterocycles. The van der Waals surface area contributed by atoms with Crippen LogP contribution in [-0.4, -0.2) is 25.3 Å². The fraction of sp³-hybridized carbons (Fsp3) is 0.526. The zero-order valence-corrected chi connectivity index (χ0v) is 17.0. The standard InChI is InChI=1S/C19H28NO3Si/c1-18(2,3)14-9-10-15-13(11-14)12-16(23-24(7)8)20(15)17(21)22-19(4,5)6/h9-12H,1-8H3. The molecule has 1 aromatic heterocycles. The molecule has 131 valence electrons. The van der Waals surface area contributed by atoms with Crippen molar-refractivity contribution in [2.24, 2.45) is 0 Å². The molecule has 0 bridgehead atoms. The summed E-state index contributed by atoms with van der Waals surface area (Å²) in [5, 5.41) is 0.992. The second kappa shape index (κ2) is 6.28. The van der Waals surface area contributed by atoms with Crippen molar-refractivity contribution in [1.29, 1.82) is 0 Å². The largest absolute Gasteiger partial charge is 0.530 e. The molecule has 1 radical (unpaired) electrons. The summed E-state index contributed by atoms with van der Waals surface area (Å²) in [6.45, 7) is 16.2. The number of carbonyl (C=O) groups is 1. The van der Waals surface area contributed by atoms with Crippen molar-refractivity contribution in [1.82, 2.24) is 4.57 Å². The highest BCUT2D eigenvalue weighted by molar-refractivity contribution is 6.49. The number of benzene rings is 1. The Balaban J connectivity index is 2.59. The van der Waals surface area contributed by atoms with Crippen LogP contribution in [0, 0.1) is 0 Å². The lowest BCUT2D eigenvalue weighted by atomic mass is 9.86. The van der Waals surface area contributed by atoms with Gasteiger partial charge in [0.05, 0.1) is 5.52 Å². The predicted octanol–water partition coefficient (Wildman–Crippen LogP) is 5.35. The molecular weight excluding hydrogens is 318 g/mol. The summed E-state index contributed by atoms with van der Waals surface area (Å²) >= 11 is 0. The number of nitrogens with zero attached hydrogens (tertiary/aromatic N) is 1. The molecule has 0 unspecified atom stereocenters. The second-order valence-electron chi connectivity index (χ2n) is 8.33. The van der Waals surface area contributed by atoms with Crippen LogP contribution in [0.15, 0.2) is 24.3 Å². The van der Waals surface area contributed by atoms with Crippen LogP contribution in [0.3, 0.4) is 0 Å². The molecule has 0 spiro atoms. The van der Waals surface area contributed by atoms with Crippen LogP contribution in [0.5, 0.6) is 5.88 Å². The van der Waals surface area contributed by atoms with Crippen LogP contribution in [-0.2, 0) is 10.2 Å². The molecule has 5 heteroatoms. The van der Waals surface area contributed by atoms with E-state index in [1.165, 1.54) is 5.56 Å². The SMILES string of the molecule is C[Si](C)Oc1cc2cc(C(C)(C)C)ccc2n1C(=O)OC(C)(C)C. The third kappa shape index (κ3) is 4.20. The van der Waals surface area contributed by atoms with E-state index in [1.54, 1.807) is 4.57 Å². The van der Waals surface area contributed by atoms with E-state index in [1.807, 2.05) is 46.0 Å². The Labute approximate surface area is 146 Å². The van der Waals surface area contributed by atoms with Gasteiger partial charge in [0.2, 0.25) is 0 Å². The summed E-state index contributed by atoms with van der Waals surface area (Å²) in [4.78, 5) is 12.7. The van der Waals surface area contributed by atoms with Gasteiger partial charge < -0.3 is 9.16 Å². The maximum atomic E-state index is 12.7. The van der Waals surface area contributed by atoms with Gasteiger partial charge >= 0.3 is 6.09 Å². The number of hydrogen-bond donors (Lipinski definition) is 0. The minimum absolute atomic E-state index is 0.0493. The van der Waals surface area contributed by atoms with Gasteiger partial charge in [-0.2, -0.15) is 0 Å². The Morgan fingerprint density at radius 3 is 2.17 bits per heavy atom. The maximum Gasteiger partial charge on any atom is 0.421 e. The van der Waals surface area contributed by atoms with Crippen LogP contribution in [0.4, 0.5) is 4.79 Å². The normalized spacial score (nSPS) is 12.7. The summed E-state index contributed by atoms with van der Waals surface area (Å²) < 4.78 is 13.1. The highest BCUT2D eigenvalue weighted by Crippen LogP contribution is 2.31. The van der Waals surface area contributed by atoms with Crippen molar-refractivity contribution in [3.63, 3.8) is 0 Å². The first-order valence-electron chi connectivity index (χ1n) is 8.26. The molecule has 2 rings (SSSR count). The van der Waals surface area contributed by atoms with Gasteiger partial charge in [0.15, 0.2) is 5.88 Å². The fourth-order valence-corrected chi connectivity index (χ4v) is 3.01. The molecule has 0 aliphatic rings. The molecule has 0 saturated carbocycles. The maximum absolute atomic E-state index is 12.7. The summed E-state index contributed by atoms with van der Waals surface area (Å²) in [7, 11) is -0.999. The highest BCUT2D eigenvalue weighted by Gasteiger charge is 2.24. The molecule has 1 aromatic carbocycles. The molecule has 0 aliphatic carbocycles. The molecule has 24 heavy (non-hydrogen) atoms. The molecule has 0 amide bonds. The summed E-state index contributed by atoms with van der Waals surface area (Å²) in [6.07, 6.45) is -0.403. The predicted molar refractivity (Wildman–Crippen MR) is 100 cm³/mol. The Bertz CT molecular complexity index is 748. The minimum Gasteiger partial charge on any atom is -0.530 e. The first-order chi connectivity index (χ1) is 10.9. The van der Waals surface area contributed by atoms with E-state index in [0.717, 1.165) is 10.9 Å². The van der Waals surface area contributed by atoms with Crippen LogP contribution in [0.2, 0.25) is 13.1 Å². The van der Waals surface area contributed by atoms with E-state index in [4.69, 9.17) is 9.16 Å². The third-order valence-electron chi connectivity index (χ3n) is 3.52. The number of fused-ring (bicyclic) bond motifs is 1. The Morgan fingerprint density at radius 1 is 1.04 bits per heavy atom. The third-order valence-corrected chi connectivity index (χ3v) is 4.14. The van der Waals surface area contributed by atoms with Gasteiger partial charge in [0, 0.05) is 11.5 Å². The Hall–Kier alpha value is -1.75. The minimum atomic E-state index is -0.999. The number of ether oxygens (including phenoxy) is 1. The zero-order chi connectivity index (χ0) is 18.3. The second-order valence-corrected chi connectivity index (χ2v) is 10.4. The van der Waals surface area contributed by atoms with Gasteiger partial charge in [-0.25, -0.2) is 9.36 Å². The van der Waals surface area contributed by atoms with Crippen molar-refractivity contribution in [2.45, 2.75) is 65.7 Å². The monoisotopic (exact) mass is 346 g/mol. The van der Waals surface area contributed by atoms with E-state index in [0.29, 0.717) is 5.88 Å². The molecular formula is C19H28NO3Si. The lowest BCUT2D eigenvalue weighted by molar-refractivity contribution is 0.0537. The number of hydrogen-bond acceptors (Lipinski definition) is 3. The first kappa shape index (κ1) is 18.6. The van der Waals surface area contributed by atoms with E-state index in [-0.39, 0.29) is 5.41 Å². The molecule has 4 nitrogen and oxygen atoms in total. The van der Waals surface area contributed by atoms with Gasteiger partial charge in [0.1, 0.15) is 5.60 Å². The molecule has 0 fully saturated rings. The van der Waals surface area contributed by atoms with Gasteiger partial charge in [-0.05, 0) is 57.0 Å². The first-order valence-corrected chi connectivity index (χ1v) is 10.7. The number of rotatable bonds is 2. The highest BCUT2D eigenvalue weighted by atomic mass is 28.3. The lowest BCUT2D eigenvalue weighted by Crippen LogP contribution is -2.28. The number of aromatic nitrogens is 1.